The molecule has 1 heterocycles. The summed E-state index contributed by atoms with van der Waals surface area (Å²) in [5.74, 6) is 0.0349. The molecule has 3 nitrogen and oxygen atoms in total. The maximum absolute atomic E-state index is 12.4. The first-order chi connectivity index (χ1) is 8.11. The molecular formula is C13H18Cl2N2O. The van der Waals surface area contributed by atoms with E-state index in [4.69, 9.17) is 11.6 Å². The largest absolute Gasteiger partial charge is 0.333 e. The van der Waals surface area contributed by atoms with Crippen LogP contribution >= 0.6 is 24.0 Å². The minimum Gasteiger partial charge on any atom is -0.333 e. The van der Waals surface area contributed by atoms with Gasteiger partial charge in [-0.3, -0.25) is 4.79 Å². The molecule has 1 N–H and O–H groups in total. The lowest BCUT2D eigenvalue weighted by Crippen LogP contribution is -2.52. The van der Waals surface area contributed by atoms with Crippen LogP contribution in [0.4, 0.5) is 0 Å². The third kappa shape index (κ3) is 2.97. The van der Waals surface area contributed by atoms with Crippen molar-refractivity contribution in [3.05, 3.63) is 34.3 Å². The van der Waals surface area contributed by atoms with Crippen molar-refractivity contribution < 1.29 is 4.79 Å². The maximum atomic E-state index is 12.4. The third-order valence-corrected chi connectivity index (χ3v) is 3.69. The molecule has 100 valence electrons. The van der Waals surface area contributed by atoms with Gasteiger partial charge in [0, 0.05) is 25.7 Å². The lowest BCUT2D eigenvalue weighted by Gasteiger charge is -2.34. The van der Waals surface area contributed by atoms with Gasteiger partial charge in [0.1, 0.15) is 0 Å². The molecule has 1 aliphatic rings. The smallest absolute Gasteiger partial charge is 0.255 e. The van der Waals surface area contributed by atoms with Crippen LogP contribution in [0, 0.1) is 6.92 Å². The van der Waals surface area contributed by atoms with Gasteiger partial charge in [-0.25, -0.2) is 0 Å². The van der Waals surface area contributed by atoms with Crippen LogP contribution in [-0.2, 0) is 0 Å². The normalized spacial score (nSPS) is 19.3. The molecule has 0 saturated carbocycles. The van der Waals surface area contributed by atoms with Crippen molar-refractivity contribution in [1.29, 1.82) is 0 Å². The van der Waals surface area contributed by atoms with Gasteiger partial charge in [0.15, 0.2) is 0 Å². The number of halogens is 2. The van der Waals surface area contributed by atoms with Crippen molar-refractivity contribution in [1.82, 2.24) is 10.2 Å². The molecular weight excluding hydrogens is 271 g/mol. The summed E-state index contributed by atoms with van der Waals surface area (Å²) in [5, 5.41) is 3.84. The van der Waals surface area contributed by atoms with E-state index in [0.29, 0.717) is 10.6 Å². The number of piperazine rings is 1. The van der Waals surface area contributed by atoms with Crippen LogP contribution in [0.15, 0.2) is 18.2 Å². The number of hydrogen-bond donors (Lipinski definition) is 1. The van der Waals surface area contributed by atoms with Gasteiger partial charge in [0.25, 0.3) is 5.91 Å². The van der Waals surface area contributed by atoms with Gasteiger partial charge in [-0.2, -0.15) is 0 Å². The molecule has 1 aliphatic heterocycles. The highest BCUT2D eigenvalue weighted by Gasteiger charge is 2.25. The average molecular weight is 289 g/mol. The zero-order chi connectivity index (χ0) is 12.4. The third-order valence-electron chi connectivity index (χ3n) is 3.18. The lowest BCUT2D eigenvalue weighted by molar-refractivity contribution is 0.0656. The van der Waals surface area contributed by atoms with Crippen molar-refractivity contribution in [2.24, 2.45) is 0 Å². The molecule has 0 spiro atoms. The van der Waals surface area contributed by atoms with Crippen molar-refractivity contribution >= 4 is 29.9 Å². The molecule has 0 bridgehead atoms. The molecule has 0 unspecified atom stereocenters. The van der Waals surface area contributed by atoms with Crippen molar-refractivity contribution in [2.75, 3.05) is 19.6 Å². The zero-order valence-corrected chi connectivity index (χ0v) is 12.1. The van der Waals surface area contributed by atoms with Gasteiger partial charge >= 0.3 is 0 Å². The fourth-order valence-electron chi connectivity index (χ4n) is 2.11. The van der Waals surface area contributed by atoms with Crippen molar-refractivity contribution in [2.45, 2.75) is 19.9 Å². The lowest BCUT2D eigenvalue weighted by atomic mass is 10.1. The van der Waals surface area contributed by atoms with Crippen LogP contribution in [0.5, 0.6) is 0 Å². The first-order valence-electron chi connectivity index (χ1n) is 5.88. The summed E-state index contributed by atoms with van der Waals surface area (Å²) in [6.07, 6.45) is 0. The zero-order valence-electron chi connectivity index (χ0n) is 10.6. The minimum atomic E-state index is 0. The fraction of sp³-hybridized carbons (Fsp3) is 0.462. The molecule has 0 radical (unpaired) electrons. The Balaban J connectivity index is 0.00000162. The Labute approximate surface area is 119 Å². The summed E-state index contributed by atoms with van der Waals surface area (Å²) < 4.78 is 0. The number of amides is 1. The Kier molecular flexibility index (Phi) is 5.45. The van der Waals surface area contributed by atoms with Gasteiger partial charge < -0.3 is 10.2 Å². The number of carbonyl (C=O) groups is 1. The van der Waals surface area contributed by atoms with Crippen molar-refractivity contribution in [3.63, 3.8) is 0 Å². The van der Waals surface area contributed by atoms with Crippen LogP contribution in [0.25, 0.3) is 0 Å². The summed E-state index contributed by atoms with van der Waals surface area (Å²) in [6.45, 7) is 6.40. The molecule has 1 fully saturated rings. The van der Waals surface area contributed by atoms with Crippen LogP contribution in [0.3, 0.4) is 0 Å². The number of rotatable bonds is 1. The standard InChI is InChI=1S/C13H17ClN2O.ClH/c1-9-4-3-5-11(12(9)14)13(17)16-7-6-15-8-10(16)2;/h3-5,10,15H,6-8H2,1-2H3;1H/t10-;/m0./s1. The topological polar surface area (TPSA) is 32.3 Å². The van der Waals surface area contributed by atoms with E-state index >= 15 is 0 Å². The Hall–Kier alpha value is -0.770. The molecule has 1 aromatic rings. The Morgan fingerprint density at radius 2 is 2.22 bits per heavy atom. The minimum absolute atomic E-state index is 0. The summed E-state index contributed by atoms with van der Waals surface area (Å²) in [7, 11) is 0. The second-order valence-corrected chi connectivity index (χ2v) is 4.87. The summed E-state index contributed by atoms with van der Waals surface area (Å²) in [4.78, 5) is 14.3. The molecule has 2 rings (SSSR count). The number of carbonyl (C=O) groups excluding carboxylic acids is 1. The highest BCUT2D eigenvalue weighted by atomic mass is 35.5. The van der Waals surface area contributed by atoms with E-state index in [-0.39, 0.29) is 24.4 Å². The molecule has 18 heavy (non-hydrogen) atoms. The van der Waals surface area contributed by atoms with Crippen LogP contribution in [-0.4, -0.2) is 36.5 Å². The Bertz CT molecular complexity index is 437. The predicted molar refractivity (Wildman–Crippen MR) is 76.8 cm³/mol. The highest BCUT2D eigenvalue weighted by Crippen LogP contribution is 2.22. The van der Waals surface area contributed by atoms with Crippen LogP contribution in [0.1, 0.15) is 22.8 Å². The summed E-state index contributed by atoms with van der Waals surface area (Å²) >= 11 is 6.19. The fourth-order valence-corrected chi connectivity index (χ4v) is 2.32. The number of hydrogen-bond acceptors (Lipinski definition) is 2. The summed E-state index contributed by atoms with van der Waals surface area (Å²) in [6, 6.07) is 5.81. The molecule has 1 atom stereocenters. The Morgan fingerprint density at radius 3 is 2.89 bits per heavy atom. The number of aryl methyl sites for hydroxylation is 1. The molecule has 0 aliphatic carbocycles. The first kappa shape index (κ1) is 15.3. The van der Waals surface area contributed by atoms with Gasteiger partial charge in [-0.1, -0.05) is 23.7 Å². The van der Waals surface area contributed by atoms with Gasteiger partial charge in [0.2, 0.25) is 0 Å². The molecule has 5 heteroatoms. The van der Waals surface area contributed by atoms with Crippen LogP contribution in [0.2, 0.25) is 5.02 Å². The monoisotopic (exact) mass is 288 g/mol. The van der Waals surface area contributed by atoms with Gasteiger partial charge in [-0.05, 0) is 25.5 Å². The number of nitrogens with zero attached hydrogens (tertiary/aromatic N) is 1. The number of benzene rings is 1. The summed E-state index contributed by atoms with van der Waals surface area (Å²) in [5.41, 5.74) is 1.56. The molecule has 1 saturated heterocycles. The second-order valence-electron chi connectivity index (χ2n) is 4.49. The van der Waals surface area contributed by atoms with Crippen LogP contribution < -0.4 is 5.32 Å². The maximum Gasteiger partial charge on any atom is 0.255 e. The molecule has 0 aromatic heterocycles. The van der Waals surface area contributed by atoms with E-state index in [1.165, 1.54) is 0 Å². The van der Waals surface area contributed by atoms with E-state index in [1.54, 1.807) is 6.07 Å². The van der Waals surface area contributed by atoms with Gasteiger partial charge in [-0.15, -0.1) is 12.4 Å². The van der Waals surface area contributed by atoms with Gasteiger partial charge in [0.05, 0.1) is 10.6 Å². The second kappa shape index (κ2) is 6.41. The van der Waals surface area contributed by atoms with E-state index in [0.717, 1.165) is 25.2 Å². The SMILES string of the molecule is Cc1cccc(C(=O)N2CCNC[C@@H]2C)c1Cl.Cl. The predicted octanol–water partition coefficient (Wildman–Crippen LogP) is 2.50. The van der Waals surface area contributed by atoms with E-state index in [1.807, 2.05) is 30.9 Å². The van der Waals surface area contributed by atoms with E-state index in [9.17, 15) is 4.79 Å². The first-order valence-corrected chi connectivity index (χ1v) is 6.26. The molecule has 1 amide bonds. The number of nitrogens with one attached hydrogen (secondary N) is 1. The van der Waals surface area contributed by atoms with Crippen molar-refractivity contribution in [3.8, 4) is 0 Å². The quantitative estimate of drug-likeness (QED) is 0.861. The Morgan fingerprint density at radius 1 is 1.50 bits per heavy atom. The van der Waals surface area contributed by atoms with E-state index in [2.05, 4.69) is 5.32 Å². The highest BCUT2D eigenvalue weighted by molar-refractivity contribution is 6.34. The molecule has 1 aromatic carbocycles. The average Bonchev–Trinajstić information content (AvgIpc) is 2.32. The van der Waals surface area contributed by atoms with E-state index < -0.39 is 0 Å².